The Labute approximate surface area is 104 Å². The van der Waals surface area contributed by atoms with E-state index in [1.54, 1.807) is 0 Å². The summed E-state index contributed by atoms with van der Waals surface area (Å²) in [4.78, 5) is 22.3. The van der Waals surface area contributed by atoms with E-state index in [1.807, 2.05) is 0 Å². The standard InChI is InChI=1S/C12H14FNO4/c1-12(2,18-3)11(17)14-9-5-4-7(10(15)16)6-8(9)13/h4-6H,1-3H3,(H,14,17)(H,15,16). The SMILES string of the molecule is COC(C)(C)C(=O)Nc1ccc(C(=O)O)cc1F. The second kappa shape index (κ2) is 5.14. The van der Waals surface area contributed by atoms with Gasteiger partial charge >= 0.3 is 5.97 Å². The van der Waals surface area contributed by atoms with Gasteiger partial charge < -0.3 is 15.2 Å². The third kappa shape index (κ3) is 3.04. The first-order valence-electron chi connectivity index (χ1n) is 5.17. The van der Waals surface area contributed by atoms with Crippen molar-refractivity contribution in [3.8, 4) is 0 Å². The predicted octanol–water partition coefficient (Wildman–Crippen LogP) is 1.89. The van der Waals surface area contributed by atoms with E-state index in [0.29, 0.717) is 0 Å². The van der Waals surface area contributed by atoms with Crippen LogP contribution in [0.4, 0.5) is 10.1 Å². The van der Waals surface area contributed by atoms with Gasteiger partial charge in [-0.25, -0.2) is 9.18 Å². The Morgan fingerprint density at radius 1 is 1.39 bits per heavy atom. The number of aromatic carboxylic acids is 1. The molecule has 0 aliphatic rings. The number of anilines is 1. The Morgan fingerprint density at radius 2 is 2.00 bits per heavy atom. The number of methoxy groups -OCH3 is 1. The average Bonchev–Trinajstić information content (AvgIpc) is 2.31. The van der Waals surface area contributed by atoms with Crippen LogP contribution in [-0.4, -0.2) is 29.7 Å². The smallest absolute Gasteiger partial charge is 0.335 e. The number of carbonyl (C=O) groups is 2. The van der Waals surface area contributed by atoms with Crippen LogP contribution in [0.25, 0.3) is 0 Å². The van der Waals surface area contributed by atoms with Gasteiger partial charge in [0.2, 0.25) is 0 Å². The van der Waals surface area contributed by atoms with E-state index in [0.717, 1.165) is 6.07 Å². The molecule has 0 heterocycles. The van der Waals surface area contributed by atoms with Gasteiger partial charge in [0.15, 0.2) is 0 Å². The van der Waals surface area contributed by atoms with Gasteiger partial charge in [-0.2, -0.15) is 0 Å². The van der Waals surface area contributed by atoms with E-state index < -0.39 is 23.3 Å². The first kappa shape index (κ1) is 14.1. The average molecular weight is 255 g/mol. The molecular formula is C12H14FNO4. The number of carboxylic acids is 1. The molecule has 0 spiro atoms. The van der Waals surface area contributed by atoms with Crippen LogP contribution in [0.5, 0.6) is 0 Å². The summed E-state index contributed by atoms with van der Waals surface area (Å²) in [5.74, 6) is -2.56. The molecule has 0 fully saturated rings. The van der Waals surface area contributed by atoms with Crippen molar-refractivity contribution in [2.24, 2.45) is 0 Å². The number of amides is 1. The number of ether oxygens (including phenoxy) is 1. The van der Waals surface area contributed by atoms with Gasteiger partial charge in [-0.15, -0.1) is 0 Å². The van der Waals surface area contributed by atoms with E-state index in [2.05, 4.69) is 5.32 Å². The molecule has 18 heavy (non-hydrogen) atoms. The summed E-state index contributed by atoms with van der Waals surface area (Å²) in [6.45, 7) is 3.07. The molecule has 0 bridgehead atoms. The number of halogens is 1. The Bertz CT molecular complexity index is 485. The Kier molecular flexibility index (Phi) is 4.03. The number of hydrogen-bond acceptors (Lipinski definition) is 3. The van der Waals surface area contributed by atoms with Crippen molar-refractivity contribution in [3.63, 3.8) is 0 Å². The molecule has 0 radical (unpaired) electrons. The molecule has 1 rings (SSSR count). The highest BCUT2D eigenvalue weighted by atomic mass is 19.1. The number of carboxylic acid groups (broad SMARTS) is 1. The summed E-state index contributed by atoms with van der Waals surface area (Å²) in [5, 5.41) is 11.0. The molecule has 1 amide bonds. The van der Waals surface area contributed by atoms with Crippen molar-refractivity contribution in [1.29, 1.82) is 0 Å². The quantitative estimate of drug-likeness (QED) is 0.861. The van der Waals surface area contributed by atoms with Crippen LogP contribution >= 0.6 is 0 Å². The van der Waals surface area contributed by atoms with Crippen LogP contribution in [0.1, 0.15) is 24.2 Å². The summed E-state index contributed by atoms with van der Waals surface area (Å²) in [5.41, 5.74) is -1.37. The lowest BCUT2D eigenvalue weighted by Crippen LogP contribution is -2.39. The van der Waals surface area contributed by atoms with Crippen LogP contribution in [-0.2, 0) is 9.53 Å². The normalized spacial score (nSPS) is 11.1. The molecule has 0 unspecified atom stereocenters. The van der Waals surface area contributed by atoms with Crippen LogP contribution in [0.3, 0.4) is 0 Å². The minimum atomic E-state index is -1.23. The predicted molar refractivity (Wildman–Crippen MR) is 63.1 cm³/mol. The maximum absolute atomic E-state index is 13.5. The Balaban J connectivity index is 2.93. The molecule has 0 aliphatic heterocycles. The fourth-order valence-electron chi connectivity index (χ4n) is 1.12. The molecule has 1 aromatic carbocycles. The fraction of sp³-hybridized carbons (Fsp3) is 0.333. The van der Waals surface area contributed by atoms with Gasteiger partial charge in [0.25, 0.3) is 5.91 Å². The molecule has 1 aromatic rings. The van der Waals surface area contributed by atoms with Crippen molar-refractivity contribution in [1.82, 2.24) is 0 Å². The highest BCUT2D eigenvalue weighted by molar-refractivity contribution is 5.97. The maximum atomic E-state index is 13.5. The highest BCUT2D eigenvalue weighted by Crippen LogP contribution is 2.18. The van der Waals surface area contributed by atoms with E-state index in [-0.39, 0.29) is 11.3 Å². The minimum Gasteiger partial charge on any atom is -0.478 e. The van der Waals surface area contributed by atoms with Gasteiger partial charge in [0, 0.05) is 7.11 Å². The molecule has 0 saturated carbocycles. The number of carbonyl (C=O) groups excluding carboxylic acids is 1. The molecule has 6 heteroatoms. The zero-order chi connectivity index (χ0) is 13.9. The monoisotopic (exact) mass is 255 g/mol. The van der Waals surface area contributed by atoms with E-state index >= 15 is 0 Å². The van der Waals surface area contributed by atoms with Crippen molar-refractivity contribution in [2.45, 2.75) is 19.4 Å². The number of hydrogen-bond donors (Lipinski definition) is 2. The fourth-order valence-corrected chi connectivity index (χ4v) is 1.12. The van der Waals surface area contributed by atoms with Gasteiger partial charge in [-0.1, -0.05) is 0 Å². The summed E-state index contributed by atoms with van der Waals surface area (Å²) in [7, 11) is 1.36. The first-order valence-corrected chi connectivity index (χ1v) is 5.17. The first-order chi connectivity index (χ1) is 8.27. The zero-order valence-corrected chi connectivity index (χ0v) is 10.3. The third-order valence-electron chi connectivity index (χ3n) is 2.52. The molecule has 5 nitrogen and oxygen atoms in total. The van der Waals surface area contributed by atoms with Crippen LogP contribution in [0, 0.1) is 5.82 Å². The summed E-state index contributed by atoms with van der Waals surface area (Å²) < 4.78 is 18.5. The van der Waals surface area contributed by atoms with Crippen molar-refractivity contribution < 1.29 is 23.8 Å². The van der Waals surface area contributed by atoms with Crippen molar-refractivity contribution in [3.05, 3.63) is 29.6 Å². The minimum absolute atomic E-state index is 0.0878. The molecule has 0 aliphatic carbocycles. The third-order valence-corrected chi connectivity index (χ3v) is 2.52. The second-order valence-corrected chi connectivity index (χ2v) is 4.17. The lowest BCUT2D eigenvalue weighted by Gasteiger charge is -2.21. The van der Waals surface area contributed by atoms with E-state index in [4.69, 9.17) is 9.84 Å². The van der Waals surface area contributed by atoms with Crippen molar-refractivity contribution in [2.75, 3.05) is 12.4 Å². The molecular weight excluding hydrogens is 241 g/mol. The maximum Gasteiger partial charge on any atom is 0.335 e. The summed E-state index contributed by atoms with van der Waals surface area (Å²) >= 11 is 0. The summed E-state index contributed by atoms with van der Waals surface area (Å²) in [6.07, 6.45) is 0. The topological polar surface area (TPSA) is 75.6 Å². The highest BCUT2D eigenvalue weighted by Gasteiger charge is 2.27. The van der Waals surface area contributed by atoms with E-state index in [1.165, 1.54) is 33.1 Å². The lowest BCUT2D eigenvalue weighted by molar-refractivity contribution is -0.133. The van der Waals surface area contributed by atoms with Gasteiger partial charge in [-0.05, 0) is 32.0 Å². The summed E-state index contributed by atoms with van der Waals surface area (Å²) in [6, 6.07) is 3.25. The number of benzene rings is 1. The van der Waals surface area contributed by atoms with Crippen molar-refractivity contribution >= 4 is 17.6 Å². The van der Waals surface area contributed by atoms with Crippen LogP contribution < -0.4 is 5.32 Å². The number of rotatable bonds is 4. The molecule has 98 valence electrons. The lowest BCUT2D eigenvalue weighted by atomic mass is 10.1. The molecule has 0 atom stereocenters. The zero-order valence-electron chi connectivity index (χ0n) is 10.3. The number of nitrogens with one attached hydrogen (secondary N) is 1. The van der Waals surface area contributed by atoms with Gasteiger partial charge in [-0.3, -0.25) is 4.79 Å². The van der Waals surface area contributed by atoms with E-state index in [9.17, 15) is 14.0 Å². The van der Waals surface area contributed by atoms with Gasteiger partial charge in [0.05, 0.1) is 11.3 Å². The van der Waals surface area contributed by atoms with Gasteiger partial charge in [0.1, 0.15) is 11.4 Å². The van der Waals surface area contributed by atoms with Crippen LogP contribution in [0.15, 0.2) is 18.2 Å². The molecule has 2 N–H and O–H groups in total. The molecule has 0 aromatic heterocycles. The Morgan fingerprint density at radius 3 is 2.44 bits per heavy atom. The molecule has 0 saturated heterocycles. The Hall–Kier alpha value is -1.95. The largest absolute Gasteiger partial charge is 0.478 e. The van der Waals surface area contributed by atoms with Crippen LogP contribution in [0.2, 0.25) is 0 Å². The second-order valence-electron chi connectivity index (χ2n) is 4.17.